The number of benzene rings is 2. The van der Waals surface area contributed by atoms with E-state index in [1.54, 1.807) is 12.1 Å². The molecule has 18 heavy (non-hydrogen) atoms. The topological polar surface area (TPSA) is 33.0 Å². The van der Waals surface area contributed by atoms with Crippen molar-refractivity contribution in [3.63, 3.8) is 0 Å². The maximum atomic E-state index is 8.70. The van der Waals surface area contributed by atoms with Crippen LogP contribution in [0.3, 0.4) is 0 Å². The number of nitrogens with zero attached hydrogens (tertiary/aromatic N) is 1. The smallest absolute Gasteiger partial charge is 0.119 e. The zero-order chi connectivity index (χ0) is 13.0. The molecular weight excluding hydrogens is 222 g/mol. The molecule has 0 heterocycles. The van der Waals surface area contributed by atoms with Gasteiger partial charge in [0, 0.05) is 0 Å². The van der Waals surface area contributed by atoms with E-state index in [-0.39, 0.29) is 0 Å². The predicted molar refractivity (Wildman–Crippen MR) is 71.4 cm³/mol. The van der Waals surface area contributed by atoms with Crippen molar-refractivity contribution in [1.82, 2.24) is 0 Å². The van der Waals surface area contributed by atoms with E-state index in [1.165, 1.54) is 11.1 Å². The zero-order valence-corrected chi connectivity index (χ0v) is 10.6. The number of ether oxygens (including phenoxy) is 1. The molecule has 0 aromatic heterocycles. The van der Waals surface area contributed by atoms with Gasteiger partial charge >= 0.3 is 0 Å². The van der Waals surface area contributed by atoms with Crippen LogP contribution in [0.25, 0.3) is 0 Å². The highest BCUT2D eigenvalue weighted by molar-refractivity contribution is 5.35. The summed E-state index contributed by atoms with van der Waals surface area (Å²) >= 11 is 0. The molecule has 0 radical (unpaired) electrons. The Morgan fingerprint density at radius 1 is 1.00 bits per heavy atom. The van der Waals surface area contributed by atoms with E-state index in [9.17, 15) is 0 Å². The van der Waals surface area contributed by atoms with Gasteiger partial charge in [0.1, 0.15) is 12.4 Å². The first-order valence-electron chi connectivity index (χ1n) is 5.88. The van der Waals surface area contributed by atoms with Crippen LogP contribution in [0.5, 0.6) is 5.75 Å². The minimum absolute atomic E-state index is 0.549. The summed E-state index contributed by atoms with van der Waals surface area (Å²) in [7, 11) is 0. The molecule has 2 heteroatoms. The molecule has 0 aliphatic rings. The van der Waals surface area contributed by atoms with Crippen molar-refractivity contribution in [1.29, 1.82) is 5.26 Å². The maximum absolute atomic E-state index is 8.70. The lowest BCUT2D eigenvalue weighted by Crippen LogP contribution is -1.96. The van der Waals surface area contributed by atoms with Gasteiger partial charge in [-0.15, -0.1) is 0 Å². The Balaban J connectivity index is 2.02. The van der Waals surface area contributed by atoms with Crippen molar-refractivity contribution in [2.75, 3.05) is 0 Å². The van der Waals surface area contributed by atoms with E-state index >= 15 is 0 Å². The van der Waals surface area contributed by atoms with Crippen LogP contribution < -0.4 is 4.74 Å². The summed E-state index contributed by atoms with van der Waals surface area (Å²) in [4.78, 5) is 0. The highest BCUT2D eigenvalue weighted by atomic mass is 16.5. The third kappa shape index (κ3) is 2.89. The molecule has 0 aliphatic carbocycles. The van der Waals surface area contributed by atoms with Gasteiger partial charge in [0.05, 0.1) is 11.6 Å². The van der Waals surface area contributed by atoms with Crippen molar-refractivity contribution in [3.05, 3.63) is 64.7 Å². The molecule has 2 rings (SSSR count). The summed E-state index contributed by atoms with van der Waals surface area (Å²) < 4.78 is 5.68. The van der Waals surface area contributed by atoms with Crippen molar-refractivity contribution in [2.45, 2.75) is 20.5 Å². The second-order valence-corrected chi connectivity index (χ2v) is 4.34. The molecule has 0 unspecified atom stereocenters. The third-order valence-corrected chi connectivity index (χ3v) is 2.96. The summed E-state index contributed by atoms with van der Waals surface area (Å²) in [5.41, 5.74) is 4.36. The summed E-state index contributed by atoms with van der Waals surface area (Å²) in [6, 6.07) is 15.6. The van der Waals surface area contributed by atoms with Gasteiger partial charge in [-0.05, 0) is 54.8 Å². The highest BCUT2D eigenvalue weighted by Crippen LogP contribution is 2.15. The minimum Gasteiger partial charge on any atom is -0.489 e. The molecule has 0 amide bonds. The second kappa shape index (κ2) is 5.37. The van der Waals surface area contributed by atoms with Gasteiger partial charge in [-0.3, -0.25) is 0 Å². The predicted octanol–water partition coefficient (Wildman–Crippen LogP) is 3.75. The molecule has 90 valence electrons. The second-order valence-electron chi connectivity index (χ2n) is 4.34. The lowest BCUT2D eigenvalue weighted by atomic mass is 10.1. The number of aryl methyl sites for hydroxylation is 2. The van der Waals surface area contributed by atoms with E-state index in [0.717, 1.165) is 11.3 Å². The molecule has 0 fully saturated rings. The quantitative estimate of drug-likeness (QED) is 0.814. The molecule has 2 nitrogen and oxygen atoms in total. The Bertz CT molecular complexity index is 579. The van der Waals surface area contributed by atoms with Crippen molar-refractivity contribution in [3.8, 4) is 11.8 Å². The molecule has 0 bridgehead atoms. The van der Waals surface area contributed by atoms with Crippen molar-refractivity contribution < 1.29 is 4.74 Å². The molecule has 0 saturated carbocycles. The number of hydrogen-bond donors (Lipinski definition) is 0. The Labute approximate surface area is 107 Å². The van der Waals surface area contributed by atoms with E-state index in [4.69, 9.17) is 10.00 Å². The molecular formula is C16H15NO. The van der Waals surface area contributed by atoms with Gasteiger partial charge in [-0.25, -0.2) is 0 Å². The van der Waals surface area contributed by atoms with E-state index in [2.05, 4.69) is 38.1 Å². The number of hydrogen-bond acceptors (Lipinski definition) is 2. The monoisotopic (exact) mass is 237 g/mol. The SMILES string of the molecule is Cc1ccc(COc2ccc(C#N)cc2)cc1C. The van der Waals surface area contributed by atoms with Crippen LogP contribution in [-0.4, -0.2) is 0 Å². The first-order valence-corrected chi connectivity index (χ1v) is 5.88. The molecule has 2 aromatic carbocycles. The molecule has 0 spiro atoms. The Hall–Kier alpha value is -2.27. The van der Waals surface area contributed by atoms with Gasteiger partial charge in [0.15, 0.2) is 0 Å². The van der Waals surface area contributed by atoms with Crippen molar-refractivity contribution >= 4 is 0 Å². The Kier molecular flexibility index (Phi) is 3.64. The third-order valence-electron chi connectivity index (χ3n) is 2.96. The fourth-order valence-electron chi connectivity index (χ4n) is 1.69. The fourth-order valence-corrected chi connectivity index (χ4v) is 1.69. The Morgan fingerprint density at radius 3 is 2.33 bits per heavy atom. The van der Waals surface area contributed by atoms with E-state index in [0.29, 0.717) is 12.2 Å². The summed E-state index contributed by atoms with van der Waals surface area (Å²) in [5.74, 6) is 0.784. The summed E-state index contributed by atoms with van der Waals surface area (Å²) in [6.45, 7) is 4.74. The molecule has 0 atom stereocenters. The summed E-state index contributed by atoms with van der Waals surface area (Å²) in [5, 5.41) is 8.70. The number of nitriles is 1. The van der Waals surface area contributed by atoms with Gasteiger partial charge < -0.3 is 4.74 Å². The van der Waals surface area contributed by atoms with E-state index < -0.39 is 0 Å². The highest BCUT2D eigenvalue weighted by Gasteiger charge is 1.99. The lowest BCUT2D eigenvalue weighted by molar-refractivity contribution is 0.306. The van der Waals surface area contributed by atoms with Crippen LogP contribution in [0.15, 0.2) is 42.5 Å². The van der Waals surface area contributed by atoms with Crippen LogP contribution >= 0.6 is 0 Å². The first-order chi connectivity index (χ1) is 8.69. The van der Waals surface area contributed by atoms with Crippen LogP contribution in [0.4, 0.5) is 0 Å². The van der Waals surface area contributed by atoms with Crippen LogP contribution in [0.1, 0.15) is 22.3 Å². The largest absolute Gasteiger partial charge is 0.489 e. The van der Waals surface area contributed by atoms with E-state index in [1.807, 2.05) is 12.1 Å². The van der Waals surface area contributed by atoms with Gasteiger partial charge in [-0.1, -0.05) is 18.2 Å². The first kappa shape index (κ1) is 12.2. The fraction of sp³-hybridized carbons (Fsp3) is 0.188. The van der Waals surface area contributed by atoms with Crippen LogP contribution in [0.2, 0.25) is 0 Å². The average Bonchev–Trinajstić information content (AvgIpc) is 2.41. The van der Waals surface area contributed by atoms with Gasteiger partial charge in [0.2, 0.25) is 0 Å². The standard InChI is InChI=1S/C16H15NO/c1-12-3-4-15(9-13(12)2)11-18-16-7-5-14(10-17)6-8-16/h3-9H,11H2,1-2H3. The average molecular weight is 237 g/mol. The lowest BCUT2D eigenvalue weighted by Gasteiger charge is -2.08. The van der Waals surface area contributed by atoms with Crippen molar-refractivity contribution in [2.24, 2.45) is 0 Å². The minimum atomic E-state index is 0.549. The van der Waals surface area contributed by atoms with Crippen LogP contribution in [0, 0.1) is 25.2 Å². The van der Waals surface area contributed by atoms with Gasteiger partial charge in [-0.2, -0.15) is 5.26 Å². The van der Waals surface area contributed by atoms with Gasteiger partial charge in [0.25, 0.3) is 0 Å². The summed E-state index contributed by atoms with van der Waals surface area (Å²) in [6.07, 6.45) is 0. The number of rotatable bonds is 3. The molecule has 2 aromatic rings. The Morgan fingerprint density at radius 2 is 1.72 bits per heavy atom. The molecule has 0 aliphatic heterocycles. The molecule has 0 N–H and O–H groups in total. The normalized spacial score (nSPS) is 9.83. The maximum Gasteiger partial charge on any atom is 0.119 e. The van der Waals surface area contributed by atoms with Crippen LogP contribution in [-0.2, 0) is 6.61 Å². The zero-order valence-electron chi connectivity index (χ0n) is 10.6. The molecule has 0 saturated heterocycles.